The molecule has 1 aliphatic heterocycles. The zero-order valence-corrected chi connectivity index (χ0v) is 8.73. The summed E-state index contributed by atoms with van der Waals surface area (Å²) in [5.41, 5.74) is 0. The number of nitrogens with one attached hydrogen (secondary N) is 2. The van der Waals surface area contributed by atoms with Crippen LogP contribution in [0, 0.1) is 0 Å². The summed E-state index contributed by atoms with van der Waals surface area (Å²) in [4.78, 5) is 33.2. The quantitative estimate of drug-likeness (QED) is 0.546. The largest absolute Gasteiger partial charge is 0.480 e. The normalized spacial score (nSPS) is 21.0. The number of rotatable bonds is 5. The lowest BCUT2D eigenvalue weighted by Gasteiger charge is -2.15. The highest BCUT2D eigenvalue weighted by Gasteiger charge is 2.29. The summed E-state index contributed by atoms with van der Waals surface area (Å²) in [5, 5.41) is 13.6. The molecule has 2 amide bonds. The van der Waals surface area contributed by atoms with Crippen molar-refractivity contribution in [2.24, 2.45) is 0 Å². The van der Waals surface area contributed by atoms with Gasteiger partial charge in [-0.1, -0.05) is 6.08 Å². The van der Waals surface area contributed by atoms with E-state index in [4.69, 9.17) is 5.11 Å². The Hall–Kier alpha value is -1.85. The van der Waals surface area contributed by atoms with E-state index in [1.165, 1.54) is 6.08 Å². The first kappa shape index (κ1) is 12.2. The number of hydrogen-bond acceptors (Lipinski definition) is 3. The zero-order valence-electron chi connectivity index (χ0n) is 8.73. The minimum atomic E-state index is -1.11. The van der Waals surface area contributed by atoms with Gasteiger partial charge in [0.15, 0.2) is 0 Å². The van der Waals surface area contributed by atoms with E-state index in [1.54, 1.807) is 0 Å². The van der Waals surface area contributed by atoms with Crippen molar-refractivity contribution in [3.05, 3.63) is 12.7 Å². The van der Waals surface area contributed by atoms with Crippen molar-refractivity contribution in [1.82, 2.24) is 10.6 Å². The Labute approximate surface area is 92.7 Å². The second-order valence-corrected chi connectivity index (χ2v) is 3.58. The number of carboxylic acid groups (broad SMARTS) is 1. The molecule has 16 heavy (non-hydrogen) atoms. The standard InChI is InChI=1S/C10H14N2O4/c1-2-3-7(10(15)16)12-9(14)6-4-5-8(13)11-6/h2,6-7H,1,3-5H2,(H,11,13)(H,12,14)(H,15,16)/t6-,7+/m1/s1. The van der Waals surface area contributed by atoms with Gasteiger partial charge < -0.3 is 15.7 Å². The average molecular weight is 226 g/mol. The van der Waals surface area contributed by atoms with Crippen LogP contribution in [0.25, 0.3) is 0 Å². The van der Waals surface area contributed by atoms with Crippen LogP contribution in [0.2, 0.25) is 0 Å². The SMILES string of the molecule is C=CC[C@H](NC(=O)[C@H]1CCC(=O)N1)C(=O)O. The van der Waals surface area contributed by atoms with Crippen LogP contribution >= 0.6 is 0 Å². The summed E-state index contributed by atoms with van der Waals surface area (Å²) in [6.07, 6.45) is 2.29. The highest BCUT2D eigenvalue weighted by Crippen LogP contribution is 2.07. The maximum atomic E-state index is 11.6. The third-order valence-electron chi connectivity index (χ3n) is 2.33. The summed E-state index contributed by atoms with van der Waals surface area (Å²) in [5.74, 6) is -1.76. The molecule has 0 spiro atoms. The molecule has 2 atom stereocenters. The molecule has 88 valence electrons. The van der Waals surface area contributed by atoms with E-state index in [2.05, 4.69) is 17.2 Å². The van der Waals surface area contributed by atoms with Crippen LogP contribution in [0.4, 0.5) is 0 Å². The molecule has 3 N–H and O–H groups in total. The van der Waals surface area contributed by atoms with E-state index in [0.717, 1.165) is 0 Å². The molecule has 6 heteroatoms. The van der Waals surface area contributed by atoms with Crippen molar-refractivity contribution < 1.29 is 19.5 Å². The fourth-order valence-corrected chi connectivity index (χ4v) is 1.47. The number of hydrogen-bond donors (Lipinski definition) is 3. The van der Waals surface area contributed by atoms with Gasteiger partial charge in [0, 0.05) is 6.42 Å². The Morgan fingerprint density at radius 1 is 1.69 bits per heavy atom. The highest BCUT2D eigenvalue weighted by molar-refractivity contribution is 5.92. The molecule has 1 aliphatic rings. The van der Waals surface area contributed by atoms with Crippen molar-refractivity contribution in [2.45, 2.75) is 31.3 Å². The monoisotopic (exact) mass is 226 g/mol. The summed E-state index contributed by atoms with van der Waals surface area (Å²) < 4.78 is 0. The van der Waals surface area contributed by atoms with Gasteiger partial charge in [-0.15, -0.1) is 6.58 Å². The van der Waals surface area contributed by atoms with Crippen molar-refractivity contribution in [3.8, 4) is 0 Å². The molecule has 0 radical (unpaired) electrons. The van der Waals surface area contributed by atoms with Crippen LogP contribution < -0.4 is 10.6 Å². The van der Waals surface area contributed by atoms with E-state index in [9.17, 15) is 14.4 Å². The molecule has 1 fully saturated rings. The van der Waals surface area contributed by atoms with Gasteiger partial charge in [0.25, 0.3) is 0 Å². The van der Waals surface area contributed by atoms with E-state index in [-0.39, 0.29) is 12.3 Å². The first-order chi connectivity index (χ1) is 7.54. The molecule has 0 bridgehead atoms. The Balaban J connectivity index is 2.51. The smallest absolute Gasteiger partial charge is 0.326 e. The first-order valence-electron chi connectivity index (χ1n) is 4.98. The van der Waals surface area contributed by atoms with Crippen LogP contribution in [0.15, 0.2) is 12.7 Å². The van der Waals surface area contributed by atoms with Crippen molar-refractivity contribution in [3.63, 3.8) is 0 Å². The van der Waals surface area contributed by atoms with Gasteiger partial charge >= 0.3 is 5.97 Å². The molecule has 0 aromatic carbocycles. The minimum Gasteiger partial charge on any atom is -0.480 e. The lowest BCUT2D eigenvalue weighted by molar-refractivity contribution is -0.142. The van der Waals surface area contributed by atoms with Crippen molar-refractivity contribution >= 4 is 17.8 Å². The van der Waals surface area contributed by atoms with E-state index < -0.39 is 24.0 Å². The van der Waals surface area contributed by atoms with Crippen LogP contribution in [-0.4, -0.2) is 35.0 Å². The zero-order chi connectivity index (χ0) is 12.1. The predicted octanol–water partition coefficient (Wildman–Crippen LogP) is -0.589. The molecular formula is C10H14N2O4. The van der Waals surface area contributed by atoms with Gasteiger partial charge in [-0.25, -0.2) is 4.79 Å². The van der Waals surface area contributed by atoms with E-state index in [1.807, 2.05) is 0 Å². The Morgan fingerprint density at radius 2 is 2.38 bits per heavy atom. The van der Waals surface area contributed by atoms with Gasteiger partial charge in [-0.2, -0.15) is 0 Å². The summed E-state index contributed by atoms with van der Waals surface area (Å²) in [6.45, 7) is 3.42. The second-order valence-electron chi connectivity index (χ2n) is 3.58. The summed E-state index contributed by atoms with van der Waals surface area (Å²) in [7, 11) is 0. The molecule has 0 aromatic rings. The van der Waals surface area contributed by atoms with E-state index >= 15 is 0 Å². The summed E-state index contributed by atoms with van der Waals surface area (Å²) in [6, 6.07) is -1.60. The van der Waals surface area contributed by atoms with Gasteiger partial charge in [-0.3, -0.25) is 9.59 Å². The third kappa shape index (κ3) is 3.08. The lowest BCUT2D eigenvalue weighted by atomic mass is 10.1. The van der Waals surface area contributed by atoms with Gasteiger partial charge in [-0.05, 0) is 12.8 Å². The molecular weight excluding hydrogens is 212 g/mol. The highest BCUT2D eigenvalue weighted by atomic mass is 16.4. The molecule has 0 unspecified atom stereocenters. The van der Waals surface area contributed by atoms with Gasteiger partial charge in [0.05, 0.1) is 0 Å². The molecule has 0 aromatic heterocycles. The predicted molar refractivity (Wildman–Crippen MR) is 55.5 cm³/mol. The summed E-state index contributed by atoms with van der Waals surface area (Å²) >= 11 is 0. The number of carboxylic acids is 1. The molecule has 0 aliphatic carbocycles. The Bertz CT molecular complexity index is 327. The Kier molecular flexibility index (Phi) is 4.04. The topological polar surface area (TPSA) is 95.5 Å². The fraction of sp³-hybridized carbons (Fsp3) is 0.500. The molecule has 1 heterocycles. The fourth-order valence-electron chi connectivity index (χ4n) is 1.47. The number of carbonyl (C=O) groups is 3. The molecule has 1 rings (SSSR count). The average Bonchev–Trinajstić information content (AvgIpc) is 2.64. The van der Waals surface area contributed by atoms with Crippen LogP contribution in [0.3, 0.4) is 0 Å². The molecule has 6 nitrogen and oxygen atoms in total. The minimum absolute atomic E-state index is 0.155. The van der Waals surface area contributed by atoms with Crippen molar-refractivity contribution in [2.75, 3.05) is 0 Å². The maximum Gasteiger partial charge on any atom is 0.326 e. The van der Waals surface area contributed by atoms with Crippen LogP contribution in [-0.2, 0) is 14.4 Å². The maximum absolute atomic E-state index is 11.6. The second kappa shape index (κ2) is 5.29. The number of aliphatic carboxylic acids is 1. The van der Waals surface area contributed by atoms with Crippen LogP contribution in [0.5, 0.6) is 0 Å². The number of amides is 2. The number of carbonyl (C=O) groups excluding carboxylic acids is 2. The van der Waals surface area contributed by atoms with Gasteiger partial charge in [0.1, 0.15) is 12.1 Å². The van der Waals surface area contributed by atoms with Crippen LogP contribution in [0.1, 0.15) is 19.3 Å². The third-order valence-corrected chi connectivity index (χ3v) is 2.33. The Morgan fingerprint density at radius 3 is 2.81 bits per heavy atom. The molecule has 0 saturated carbocycles. The van der Waals surface area contributed by atoms with E-state index in [0.29, 0.717) is 12.8 Å². The molecule has 1 saturated heterocycles. The lowest BCUT2D eigenvalue weighted by Crippen LogP contribution is -2.48. The van der Waals surface area contributed by atoms with Gasteiger partial charge in [0.2, 0.25) is 11.8 Å². The van der Waals surface area contributed by atoms with Crippen molar-refractivity contribution in [1.29, 1.82) is 0 Å². The first-order valence-corrected chi connectivity index (χ1v) is 4.98.